The summed E-state index contributed by atoms with van der Waals surface area (Å²) < 4.78 is 11.1. The van der Waals surface area contributed by atoms with Gasteiger partial charge in [0.1, 0.15) is 5.60 Å². The molecular weight excluding hydrogens is 472 g/mol. The van der Waals surface area contributed by atoms with Crippen LogP contribution >= 0.6 is 0 Å². The number of nitrogens with one attached hydrogen (secondary N) is 2. The van der Waals surface area contributed by atoms with E-state index in [-0.39, 0.29) is 17.3 Å². The highest BCUT2D eigenvalue weighted by molar-refractivity contribution is 5.97. The SMILES string of the molecule is CCOC(=O)c1ccc2c(c1)C1(CCNCC1)CN2C1NC(=O)C2=C(CCCC2)N1C(=O)OC(C)(C)C. The van der Waals surface area contributed by atoms with E-state index in [2.05, 4.69) is 15.5 Å². The lowest BCUT2D eigenvalue weighted by atomic mass is 9.74. The molecule has 1 aromatic carbocycles. The number of hydrogen-bond donors (Lipinski definition) is 2. The zero-order chi connectivity index (χ0) is 26.4. The van der Waals surface area contributed by atoms with Crippen molar-refractivity contribution in [1.29, 1.82) is 0 Å². The van der Waals surface area contributed by atoms with E-state index < -0.39 is 18.0 Å². The van der Waals surface area contributed by atoms with Crippen molar-refractivity contribution in [2.24, 2.45) is 0 Å². The fourth-order valence-corrected chi connectivity index (χ4v) is 6.15. The average Bonchev–Trinajstić information content (AvgIpc) is 3.16. The number of carbonyl (C=O) groups is 3. The molecular formula is C28H38N4O5. The van der Waals surface area contributed by atoms with E-state index in [1.165, 1.54) is 0 Å². The molecule has 0 bridgehead atoms. The molecule has 0 saturated carbocycles. The molecule has 1 aliphatic carbocycles. The topological polar surface area (TPSA) is 100 Å². The molecule has 1 fully saturated rings. The number of anilines is 1. The van der Waals surface area contributed by atoms with Gasteiger partial charge in [0.05, 0.1) is 12.2 Å². The summed E-state index contributed by atoms with van der Waals surface area (Å²) in [5.74, 6) is -0.457. The maximum absolute atomic E-state index is 13.7. The van der Waals surface area contributed by atoms with Gasteiger partial charge in [-0.2, -0.15) is 0 Å². The van der Waals surface area contributed by atoms with Crippen LogP contribution in [0.25, 0.3) is 0 Å². The Labute approximate surface area is 218 Å². The molecule has 37 heavy (non-hydrogen) atoms. The molecule has 0 radical (unpaired) electrons. The van der Waals surface area contributed by atoms with Gasteiger partial charge < -0.3 is 25.0 Å². The Morgan fingerprint density at radius 3 is 2.57 bits per heavy atom. The van der Waals surface area contributed by atoms with Crippen molar-refractivity contribution in [3.8, 4) is 0 Å². The van der Waals surface area contributed by atoms with Gasteiger partial charge in [0.15, 0.2) is 6.29 Å². The molecule has 5 rings (SSSR count). The molecule has 1 atom stereocenters. The Hall–Kier alpha value is -3.07. The van der Waals surface area contributed by atoms with Gasteiger partial charge in [-0.1, -0.05) is 0 Å². The number of allylic oxidation sites excluding steroid dienone is 1. The summed E-state index contributed by atoms with van der Waals surface area (Å²) in [4.78, 5) is 43.3. The Kier molecular flexibility index (Phi) is 6.68. The van der Waals surface area contributed by atoms with Gasteiger partial charge in [0.2, 0.25) is 0 Å². The second-order valence-corrected chi connectivity index (χ2v) is 11.4. The lowest BCUT2D eigenvalue weighted by molar-refractivity contribution is -0.120. The highest BCUT2D eigenvalue weighted by Crippen LogP contribution is 2.48. The van der Waals surface area contributed by atoms with E-state index in [1.54, 1.807) is 17.9 Å². The maximum Gasteiger partial charge on any atom is 0.417 e. The van der Waals surface area contributed by atoms with E-state index in [9.17, 15) is 14.4 Å². The van der Waals surface area contributed by atoms with Crippen LogP contribution in [0.5, 0.6) is 0 Å². The van der Waals surface area contributed by atoms with Crippen LogP contribution < -0.4 is 15.5 Å². The number of carbonyl (C=O) groups excluding carboxylic acids is 3. The lowest BCUT2D eigenvalue weighted by Crippen LogP contribution is -2.64. The van der Waals surface area contributed by atoms with Gasteiger partial charge in [-0.25, -0.2) is 14.5 Å². The van der Waals surface area contributed by atoms with Crippen LogP contribution in [0.1, 0.15) is 82.1 Å². The van der Waals surface area contributed by atoms with Crippen molar-refractivity contribution in [2.75, 3.05) is 31.1 Å². The number of hydrogen-bond acceptors (Lipinski definition) is 7. The van der Waals surface area contributed by atoms with Gasteiger partial charge in [0, 0.05) is 28.9 Å². The summed E-state index contributed by atoms with van der Waals surface area (Å²) in [6.07, 6.45) is 3.79. The van der Waals surface area contributed by atoms with Crippen LogP contribution in [0, 0.1) is 0 Å². The summed E-state index contributed by atoms with van der Waals surface area (Å²) in [5.41, 5.74) is 3.09. The molecule has 1 aromatic rings. The van der Waals surface area contributed by atoms with E-state index in [1.807, 2.05) is 32.9 Å². The number of fused-ring (bicyclic) bond motifs is 2. The van der Waals surface area contributed by atoms with Crippen molar-refractivity contribution >= 4 is 23.7 Å². The Bertz CT molecular complexity index is 1130. The van der Waals surface area contributed by atoms with Crippen LogP contribution in [0.15, 0.2) is 29.5 Å². The van der Waals surface area contributed by atoms with Gasteiger partial charge in [0.25, 0.3) is 5.91 Å². The molecule has 3 heterocycles. The van der Waals surface area contributed by atoms with Crippen molar-refractivity contribution < 1.29 is 23.9 Å². The first kappa shape index (κ1) is 25.6. The number of amides is 2. The first-order valence-electron chi connectivity index (χ1n) is 13.5. The Morgan fingerprint density at radius 1 is 1.14 bits per heavy atom. The third-order valence-electron chi connectivity index (χ3n) is 7.82. The van der Waals surface area contributed by atoms with Crippen molar-refractivity contribution in [1.82, 2.24) is 15.5 Å². The minimum absolute atomic E-state index is 0.115. The second-order valence-electron chi connectivity index (χ2n) is 11.4. The minimum atomic E-state index is -0.708. The van der Waals surface area contributed by atoms with Crippen LogP contribution in [-0.2, 0) is 19.7 Å². The molecule has 9 nitrogen and oxygen atoms in total. The highest BCUT2D eigenvalue weighted by Gasteiger charge is 2.50. The molecule has 4 aliphatic rings. The third kappa shape index (κ3) is 4.69. The smallest absolute Gasteiger partial charge is 0.417 e. The van der Waals surface area contributed by atoms with Crippen LogP contribution in [0.2, 0.25) is 0 Å². The van der Waals surface area contributed by atoms with E-state index in [0.717, 1.165) is 55.7 Å². The molecule has 1 unspecified atom stereocenters. The van der Waals surface area contributed by atoms with Crippen LogP contribution in [-0.4, -0.2) is 61.0 Å². The number of esters is 1. The second kappa shape index (κ2) is 9.67. The largest absolute Gasteiger partial charge is 0.462 e. The Balaban J connectivity index is 1.59. The maximum atomic E-state index is 13.7. The number of benzene rings is 1. The molecule has 0 aromatic heterocycles. The Morgan fingerprint density at radius 2 is 1.86 bits per heavy atom. The first-order valence-corrected chi connectivity index (χ1v) is 13.5. The number of rotatable bonds is 3. The monoisotopic (exact) mass is 510 g/mol. The van der Waals surface area contributed by atoms with Gasteiger partial charge in [-0.15, -0.1) is 0 Å². The molecule has 3 aliphatic heterocycles. The summed E-state index contributed by atoms with van der Waals surface area (Å²) in [6, 6.07) is 5.66. The molecule has 1 saturated heterocycles. The molecule has 1 spiro atoms. The van der Waals surface area contributed by atoms with Crippen molar-refractivity contribution in [3.63, 3.8) is 0 Å². The summed E-state index contributed by atoms with van der Waals surface area (Å²) in [5, 5.41) is 6.59. The highest BCUT2D eigenvalue weighted by atomic mass is 16.6. The zero-order valence-electron chi connectivity index (χ0n) is 22.3. The summed E-state index contributed by atoms with van der Waals surface area (Å²) >= 11 is 0. The van der Waals surface area contributed by atoms with E-state index in [0.29, 0.717) is 37.1 Å². The van der Waals surface area contributed by atoms with Crippen molar-refractivity contribution in [2.45, 2.75) is 83.5 Å². The van der Waals surface area contributed by atoms with Crippen molar-refractivity contribution in [3.05, 3.63) is 40.6 Å². The normalized spacial score (nSPS) is 22.9. The summed E-state index contributed by atoms with van der Waals surface area (Å²) in [7, 11) is 0. The van der Waals surface area contributed by atoms with E-state index in [4.69, 9.17) is 9.47 Å². The standard InChI is InChI=1S/C28H38N4O5/c1-5-36-24(34)18-10-11-22-20(16-18)28(12-14-29-15-13-28)17-31(22)25-30-23(33)19-8-6-7-9-21(19)32(25)26(35)37-27(2,3)4/h10-11,16,25,29H,5-9,12-15,17H2,1-4H3,(H,30,33). The fourth-order valence-electron chi connectivity index (χ4n) is 6.15. The number of ether oxygens (including phenoxy) is 2. The number of piperidine rings is 1. The van der Waals surface area contributed by atoms with Crippen LogP contribution in [0.4, 0.5) is 10.5 Å². The first-order chi connectivity index (χ1) is 17.6. The molecule has 200 valence electrons. The number of nitrogens with zero attached hydrogens (tertiary/aromatic N) is 2. The zero-order valence-corrected chi connectivity index (χ0v) is 22.3. The average molecular weight is 511 g/mol. The molecule has 2 amide bonds. The van der Waals surface area contributed by atoms with Gasteiger partial charge in [-0.05, 0) is 103 Å². The quantitative estimate of drug-likeness (QED) is 0.597. The lowest BCUT2D eigenvalue weighted by Gasteiger charge is -2.46. The molecule has 9 heteroatoms. The minimum Gasteiger partial charge on any atom is -0.462 e. The molecule has 2 N–H and O–H groups in total. The fraction of sp³-hybridized carbons (Fsp3) is 0.607. The van der Waals surface area contributed by atoms with Gasteiger partial charge >= 0.3 is 12.1 Å². The summed E-state index contributed by atoms with van der Waals surface area (Å²) in [6.45, 7) is 10.0. The predicted molar refractivity (Wildman–Crippen MR) is 139 cm³/mol. The van der Waals surface area contributed by atoms with Crippen LogP contribution in [0.3, 0.4) is 0 Å². The third-order valence-corrected chi connectivity index (χ3v) is 7.82. The van der Waals surface area contributed by atoms with Gasteiger partial charge in [-0.3, -0.25) is 4.79 Å². The predicted octanol–water partition coefficient (Wildman–Crippen LogP) is 3.78. The van der Waals surface area contributed by atoms with E-state index >= 15 is 0 Å².